The smallest absolute Gasteiger partial charge is 0.248 e. The number of hydrogen-bond acceptors (Lipinski definition) is 4. The highest BCUT2D eigenvalue weighted by Crippen LogP contribution is 2.23. The molecule has 5 nitrogen and oxygen atoms in total. The lowest BCUT2D eigenvalue weighted by atomic mass is 10.3. The summed E-state index contributed by atoms with van der Waals surface area (Å²) in [4.78, 5) is 0. The van der Waals surface area contributed by atoms with Crippen molar-refractivity contribution in [2.24, 2.45) is 0 Å². The molecule has 7 heteroatoms. The van der Waals surface area contributed by atoms with Crippen LogP contribution in [0.1, 0.15) is 6.92 Å². The van der Waals surface area contributed by atoms with Gasteiger partial charge in [-0.1, -0.05) is 11.6 Å². The number of benzene rings is 1. The topological polar surface area (TPSA) is 96.0 Å². The number of halogens is 1. The van der Waals surface area contributed by atoms with Crippen LogP contribution in [0.4, 0.5) is 11.4 Å². The standard InChI is InChI=1S/C9H10ClN3O2S/c1-6(5-11)16(14,15)13-7-2-3-8(10)9(12)4-7/h2-4,6,13H,12H2,1H3. The molecule has 0 saturated carbocycles. The fraction of sp³-hybridized carbons (Fsp3) is 0.222. The molecule has 86 valence electrons. The predicted molar refractivity (Wildman–Crippen MR) is 63.5 cm³/mol. The first kappa shape index (κ1) is 12.6. The molecule has 0 bridgehead atoms. The SMILES string of the molecule is CC(C#N)S(=O)(=O)Nc1ccc(Cl)c(N)c1. The maximum atomic E-state index is 11.5. The molecule has 0 aliphatic rings. The quantitative estimate of drug-likeness (QED) is 0.806. The number of nitrogen functional groups attached to an aromatic ring is 1. The second-order valence-corrected chi connectivity index (χ2v) is 5.56. The van der Waals surface area contributed by atoms with Crippen molar-refractivity contribution < 1.29 is 8.42 Å². The van der Waals surface area contributed by atoms with Gasteiger partial charge in [0.1, 0.15) is 0 Å². The zero-order chi connectivity index (χ0) is 12.3. The average Bonchev–Trinajstić information content (AvgIpc) is 2.22. The number of sulfonamides is 1. The van der Waals surface area contributed by atoms with E-state index in [2.05, 4.69) is 4.72 Å². The monoisotopic (exact) mass is 259 g/mol. The highest BCUT2D eigenvalue weighted by Gasteiger charge is 2.19. The molecule has 0 saturated heterocycles. The third-order valence-electron chi connectivity index (χ3n) is 1.90. The normalized spacial score (nSPS) is 12.8. The number of rotatable bonds is 3. The van der Waals surface area contributed by atoms with E-state index in [4.69, 9.17) is 22.6 Å². The van der Waals surface area contributed by atoms with Gasteiger partial charge in [-0.3, -0.25) is 4.72 Å². The molecule has 1 unspecified atom stereocenters. The Morgan fingerprint density at radius 2 is 2.19 bits per heavy atom. The van der Waals surface area contributed by atoms with E-state index in [1.54, 1.807) is 6.07 Å². The van der Waals surface area contributed by atoms with E-state index in [1.807, 2.05) is 0 Å². The maximum absolute atomic E-state index is 11.5. The van der Waals surface area contributed by atoms with Gasteiger partial charge in [0.05, 0.1) is 22.5 Å². The number of nitrogens with zero attached hydrogens (tertiary/aromatic N) is 1. The van der Waals surface area contributed by atoms with Crippen molar-refractivity contribution in [2.45, 2.75) is 12.2 Å². The Bertz CT molecular complexity index is 536. The van der Waals surface area contributed by atoms with Gasteiger partial charge in [0, 0.05) is 0 Å². The van der Waals surface area contributed by atoms with Crippen molar-refractivity contribution in [1.29, 1.82) is 5.26 Å². The lowest BCUT2D eigenvalue weighted by Crippen LogP contribution is -2.23. The lowest BCUT2D eigenvalue weighted by Gasteiger charge is -2.09. The van der Waals surface area contributed by atoms with Crippen LogP contribution in [0, 0.1) is 11.3 Å². The fourth-order valence-electron chi connectivity index (χ4n) is 0.929. The average molecular weight is 260 g/mol. The Hall–Kier alpha value is -1.45. The van der Waals surface area contributed by atoms with Gasteiger partial charge in [0.25, 0.3) is 0 Å². The minimum atomic E-state index is -3.70. The van der Waals surface area contributed by atoms with Gasteiger partial charge in [0.15, 0.2) is 5.25 Å². The summed E-state index contributed by atoms with van der Waals surface area (Å²) in [6.07, 6.45) is 0. The van der Waals surface area contributed by atoms with Crippen molar-refractivity contribution in [1.82, 2.24) is 0 Å². The highest BCUT2D eigenvalue weighted by atomic mass is 35.5. The Balaban J connectivity index is 2.98. The van der Waals surface area contributed by atoms with Crippen LogP contribution in [0.25, 0.3) is 0 Å². The van der Waals surface area contributed by atoms with Gasteiger partial charge in [-0.2, -0.15) is 5.26 Å². The Morgan fingerprint density at radius 3 is 2.69 bits per heavy atom. The molecular formula is C9H10ClN3O2S. The van der Waals surface area contributed by atoms with Gasteiger partial charge in [0.2, 0.25) is 10.0 Å². The van der Waals surface area contributed by atoms with E-state index in [1.165, 1.54) is 25.1 Å². The van der Waals surface area contributed by atoms with Gasteiger partial charge < -0.3 is 5.73 Å². The molecule has 0 spiro atoms. The molecule has 3 N–H and O–H groups in total. The molecule has 0 aromatic heterocycles. The van der Waals surface area contributed by atoms with Crippen molar-refractivity contribution >= 4 is 33.0 Å². The van der Waals surface area contributed by atoms with Gasteiger partial charge >= 0.3 is 0 Å². The van der Waals surface area contributed by atoms with E-state index >= 15 is 0 Å². The van der Waals surface area contributed by atoms with Crippen LogP contribution in [-0.4, -0.2) is 13.7 Å². The minimum Gasteiger partial charge on any atom is -0.397 e. The Morgan fingerprint density at radius 1 is 1.56 bits per heavy atom. The van der Waals surface area contributed by atoms with E-state index in [0.717, 1.165) is 0 Å². The summed E-state index contributed by atoms with van der Waals surface area (Å²) in [5.41, 5.74) is 6.07. The van der Waals surface area contributed by atoms with E-state index < -0.39 is 15.3 Å². The number of anilines is 2. The van der Waals surface area contributed by atoms with E-state index in [-0.39, 0.29) is 11.4 Å². The number of nitrogens with two attached hydrogens (primary N) is 1. The van der Waals surface area contributed by atoms with Crippen LogP contribution >= 0.6 is 11.6 Å². The number of nitriles is 1. The summed E-state index contributed by atoms with van der Waals surface area (Å²) >= 11 is 5.69. The third kappa shape index (κ3) is 2.78. The first-order valence-corrected chi connectivity index (χ1v) is 6.25. The summed E-state index contributed by atoms with van der Waals surface area (Å²) in [6.45, 7) is 1.29. The second kappa shape index (κ2) is 4.60. The van der Waals surface area contributed by atoms with Crippen LogP contribution in [0.3, 0.4) is 0 Å². The Kier molecular flexibility index (Phi) is 3.62. The first-order chi connectivity index (χ1) is 7.36. The molecule has 1 rings (SSSR count). The van der Waals surface area contributed by atoms with Crippen molar-refractivity contribution in [3.8, 4) is 6.07 Å². The number of hydrogen-bond donors (Lipinski definition) is 2. The minimum absolute atomic E-state index is 0.270. The highest BCUT2D eigenvalue weighted by molar-refractivity contribution is 7.93. The largest absolute Gasteiger partial charge is 0.397 e. The summed E-state index contributed by atoms with van der Waals surface area (Å²) in [7, 11) is -3.70. The lowest BCUT2D eigenvalue weighted by molar-refractivity contribution is 0.597. The predicted octanol–water partition coefficient (Wildman–Crippen LogP) is 1.58. The fourth-order valence-corrected chi connectivity index (χ4v) is 1.82. The van der Waals surface area contributed by atoms with Crippen LogP contribution in [-0.2, 0) is 10.0 Å². The van der Waals surface area contributed by atoms with Crippen LogP contribution in [0.15, 0.2) is 18.2 Å². The molecule has 1 aromatic rings. The molecule has 0 amide bonds. The molecule has 0 radical (unpaired) electrons. The number of nitrogens with one attached hydrogen (secondary N) is 1. The van der Waals surface area contributed by atoms with Crippen LogP contribution in [0.2, 0.25) is 5.02 Å². The van der Waals surface area contributed by atoms with Crippen molar-refractivity contribution in [2.75, 3.05) is 10.5 Å². The molecule has 16 heavy (non-hydrogen) atoms. The summed E-state index contributed by atoms with van der Waals surface area (Å²) in [5.74, 6) is 0. The van der Waals surface area contributed by atoms with Crippen LogP contribution in [0.5, 0.6) is 0 Å². The summed E-state index contributed by atoms with van der Waals surface area (Å²) in [5, 5.41) is 7.74. The molecule has 0 aliphatic carbocycles. The second-order valence-electron chi connectivity index (χ2n) is 3.15. The van der Waals surface area contributed by atoms with Crippen molar-refractivity contribution in [3.05, 3.63) is 23.2 Å². The molecule has 0 fully saturated rings. The van der Waals surface area contributed by atoms with Gasteiger partial charge in [-0.05, 0) is 25.1 Å². The first-order valence-electron chi connectivity index (χ1n) is 4.33. The maximum Gasteiger partial charge on any atom is 0.248 e. The summed E-state index contributed by atoms with van der Waals surface area (Å²) < 4.78 is 25.3. The molecule has 1 aromatic carbocycles. The molecular weight excluding hydrogens is 250 g/mol. The molecule has 0 heterocycles. The third-order valence-corrected chi connectivity index (χ3v) is 3.80. The van der Waals surface area contributed by atoms with Crippen molar-refractivity contribution in [3.63, 3.8) is 0 Å². The zero-order valence-corrected chi connectivity index (χ0v) is 10.0. The van der Waals surface area contributed by atoms with Gasteiger partial charge in [-0.15, -0.1) is 0 Å². The van der Waals surface area contributed by atoms with E-state index in [0.29, 0.717) is 5.02 Å². The molecule has 0 aliphatic heterocycles. The Labute approximate surface area is 98.9 Å². The van der Waals surface area contributed by atoms with Gasteiger partial charge in [-0.25, -0.2) is 8.42 Å². The zero-order valence-electron chi connectivity index (χ0n) is 8.44. The molecule has 1 atom stereocenters. The summed E-state index contributed by atoms with van der Waals surface area (Å²) in [6, 6.07) is 5.99. The van der Waals surface area contributed by atoms with Crippen LogP contribution < -0.4 is 10.5 Å². The van der Waals surface area contributed by atoms with E-state index in [9.17, 15) is 8.42 Å².